The number of carbonyl (C=O) groups excluding carboxylic acids is 1. The smallest absolute Gasteiger partial charge is 0.271 e. The second-order valence-corrected chi connectivity index (χ2v) is 8.45. The van der Waals surface area contributed by atoms with E-state index in [1.165, 1.54) is 41.9 Å². The molecular formula is C22H23N5OS. The molecule has 6 nitrogen and oxygen atoms in total. The van der Waals surface area contributed by atoms with Crippen LogP contribution in [-0.4, -0.2) is 37.4 Å². The summed E-state index contributed by atoms with van der Waals surface area (Å²) < 4.78 is 1.90. The summed E-state index contributed by atoms with van der Waals surface area (Å²) in [4.78, 5) is 20.4. The predicted molar refractivity (Wildman–Crippen MR) is 114 cm³/mol. The molecule has 0 saturated heterocycles. The van der Waals surface area contributed by atoms with Crippen LogP contribution in [0.25, 0.3) is 16.2 Å². The third kappa shape index (κ3) is 3.35. The van der Waals surface area contributed by atoms with E-state index < -0.39 is 0 Å². The fourth-order valence-electron chi connectivity index (χ4n) is 4.03. The molecule has 0 unspecified atom stereocenters. The van der Waals surface area contributed by atoms with Crippen molar-refractivity contribution in [2.75, 3.05) is 7.05 Å². The number of aromatic nitrogens is 4. The van der Waals surface area contributed by atoms with E-state index >= 15 is 0 Å². The predicted octanol–water partition coefficient (Wildman–Crippen LogP) is 4.33. The molecule has 7 heteroatoms. The minimum Gasteiger partial charge on any atom is -0.334 e. The Kier molecular flexibility index (Phi) is 4.67. The second kappa shape index (κ2) is 7.48. The number of nitrogens with one attached hydrogen (secondary N) is 1. The van der Waals surface area contributed by atoms with Gasteiger partial charge in [-0.05, 0) is 31.2 Å². The van der Waals surface area contributed by atoms with Gasteiger partial charge in [-0.25, -0.2) is 4.98 Å². The van der Waals surface area contributed by atoms with Crippen molar-refractivity contribution in [2.45, 2.75) is 38.6 Å². The van der Waals surface area contributed by atoms with Crippen LogP contribution in [0.1, 0.15) is 46.7 Å². The number of hydrogen-bond acceptors (Lipinski definition) is 4. The molecule has 0 bridgehead atoms. The standard InChI is InChI=1S/C22H23N5OS/c1-26(12-19-16-10-6-3-7-11-17(16)24-25-19)21(28)20-14-29-22-23-18(13-27(20)22)15-8-4-2-5-9-15/h2,4-5,8-9,13-14H,3,6-7,10-12H2,1H3,(H,24,25). The summed E-state index contributed by atoms with van der Waals surface area (Å²) in [5.74, 6) is -0.0152. The van der Waals surface area contributed by atoms with Crippen LogP contribution in [0, 0.1) is 0 Å². The van der Waals surface area contributed by atoms with Gasteiger partial charge in [0.1, 0.15) is 5.69 Å². The summed E-state index contributed by atoms with van der Waals surface area (Å²) in [7, 11) is 1.85. The first-order valence-corrected chi connectivity index (χ1v) is 10.9. The number of imidazole rings is 1. The highest BCUT2D eigenvalue weighted by molar-refractivity contribution is 7.15. The Bertz CT molecular complexity index is 1160. The van der Waals surface area contributed by atoms with Gasteiger partial charge in [0.25, 0.3) is 5.91 Å². The van der Waals surface area contributed by atoms with E-state index in [9.17, 15) is 4.79 Å². The van der Waals surface area contributed by atoms with Crippen LogP contribution < -0.4 is 0 Å². The summed E-state index contributed by atoms with van der Waals surface area (Å²) in [5, 5.41) is 9.60. The summed E-state index contributed by atoms with van der Waals surface area (Å²) in [6.45, 7) is 0.516. The third-order valence-corrected chi connectivity index (χ3v) is 6.46. The monoisotopic (exact) mass is 405 g/mol. The molecule has 0 fully saturated rings. The normalized spacial score (nSPS) is 14.0. The molecule has 0 radical (unpaired) electrons. The molecule has 3 heterocycles. The molecule has 4 aromatic rings. The van der Waals surface area contributed by atoms with Crippen molar-refractivity contribution in [1.82, 2.24) is 24.5 Å². The molecule has 5 rings (SSSR count). The zero-order chi connectivity index (χ0) is 19.8. The van der Waals surface area contributed by atoms with Gasteiger partial charge in [0.05, 0.1) is 17.9 Å². The molecule has 1 aliphatic carbocycles. The van der Waals surface area contributed by atoms with E-state index in [0.717, 1.165) is 34.8 Å². The SMILES string of the molecule is CN(Cc1n[nH]c2c1CCCCC2)C(=O)c1csc2nc(-c3ccccc3)cn12. The number of nitrogens with zero attached hydrogens (tertiary/aromatic N) is 4. The van der Waals surface area contributed by atoms with E-state index in [2.05, 4.69) is 15.2 Å². The van der Waals surface area contributed by atoms with Crippen molar-refractivity contribution in [3.05, 3.63) is 64.6 Å². The molecule has 0 spiro atoms. The molecule has 0 saturated carbocycles. The maximum absolute atomic E-state index is 13.2. The molecule has 1 N–H and O–H groups in total. The number of fused-ring (bicyclic) bond motifs is 2. The molecule has 0 atom stereocenters. The number of benzene rings is 1. The van der Waals surface area contributed by atoms with Gasteiger partial charge in [-0.1, -0.05) is 36.8 Å². The Balaban J connectivity index is 1.40. The number of thiazole rings is 1. The average Bonchev–Trinajstić information content (AvgIpc) is 3.38. The number of rotatable bonds is 4. The summed E-state index contributed by atoms with van der Waals surface area (Å²) in [6.07, 6.45) is 7.72. The minimum absolute atomic E-state index is 0.0152. The van der Waals surface area contributed by atoms with Crippen molar-refractivity contribution in [3.63, 3.8) is 0 Å². The molecule has 1 aliphatic rings. The first-order chi connectivity index (χ1) is 14.2. The van der Waals surface area contributed by atoms with Crippen LogP contribution in [0.2, 0.25) is 0 Å². The van der Waals surface area contributed by atoms with E-state index in [0.29, 0.717) is 12.2 Å². The molecule has 29 heavy (non-hydrogen) atoms. The van der Waals surface area contributed by atoms with Gasteiger partial charge in [0, 0.05) is 29.9 Å². The van der Waals surface area contributed by atoms with E-state index in [1.54, 1.807) is 4.90 Å². The van der Waals surface area contributed by atoms with Gasteiger partial charge in [-0.3, -0.25) is 14.3 Å². The third-order valence-electron chi connectivity index (χ3n) is 5.62. The highest BCUT2D eigenvalue weighted by Gasteiger charge is 2.22. The Morgan fingerprint density at radius 2 is 2.03 bits per heavy atom. The number of carbonyl (C=O) groups is 1. The number of hydrogen-bond donors (Lipinski definition) is 1. The highest BCUT2D eigenvalue weighted by Crippen LogP contribution is 2.25. The highest BCUT2D eigenvalue weighted by atomic mass is 32.1. The zero-order valence-corrected chi connectivity index (χ0v) is 17.2. The van der Waals surface area contributed by atoms with Gasteiger partial charge in [-0.2, -0.15) is 5.10 Å². The summed E-state index contributed by atoms with van der Waals surface area (Å²) >= 11 is 1.49. The van der Waals surface area contributed by atoms with Crippen molar-refractivity contribution in [1.29, 1.82) is 0 Å². The lowest BCUT2D eigenvalue weighted by Crippen LogP contribution is -2.27. The molecule has 1 amide bonds. The van der Waals surface area contributed by atoms with Gasteiger partial charge < -0.3 is 4.90 Å². The molecular weight excluding hydrogens is 382 g/mol. The Morgan fingerprint density at radius 1 is 1.21 bits per heavy atom. The largest absolute Gasteiger partial charge is 0.334 e. The lowest BCUT2D eigenvalue weighted by atomic mass is 10.1. The number of amides is 1. The summed E-state index contributed by atoms with van der Waals surface area (Å²) in [5.41, 5.74) is 6.13. The van der Waals surface area contributed by atoms with Gasteiger partial charge in [-0.15, -0.1) is 11.3 Å². The second-order valence-electron chi connectivity index (χ2n) is 7.61. The van der Waals surface area contributed by atoms with E-state index in [4.69, 9.17) is 0 Å². The first-order valence-electron chi connectivity index (χ1n) is 10.0. The van der Waals surface area contributed by atoms with Crippen molar-refractivity contribution >= 4 is 22.2 Å². The summed E-state index contributed by atoms with van der Waals surface area (Å²) in [6, 6.07) is 10.0. The number of aryl methyl sites for hydroxylation is 1. The Hall–Kier alpha value is -2.93. The van der Waals surface area contributed by atoms with Crippen LogP contribution in [0.3, 0.4) is 0 Å². The molecule has 3 aromatic heterocycles. The van der Waals surface area contributed by atoms with Crippen LogP contribution in [0.5, 0.6) is 0 Å². The molecule has 148 valence electrons. The van der Waals surface area contributed by atoms with Gasteiger partial charge in [0.15, 0.2) is 4.96 Å². The first kappa shape index (κ1) is 18.1. The molecule has 1 aromatic carbocycles. The van der Waals surface area contributed by atoms with Crippen molar-refractivity contribution in [3.8, 4) is 11.3 Å². The minimum atomic E-state index is -0.0152. The topological polar surface area (TPSA) is 66.3 Å². The van der Waals surface area contributed by atoms with Crippen LogP contribution >= 0.6 is 11.3 Å². The van der Waals surface area contributed by atoms with Gasteiger partial charge >= 0.3 is 0 Å². The Labute approximate surface area is 173 Å². The van der Waals surface area contributed by atoms with Crippen LogP contribution in [0.4, 0.5) is 0 Å². The number of H-pyrrole nitrogens is 1. The quantitative estimate of drug-likeness (QED) is 0.514. The number of aromatic amines is 1. The molecule has 0 aliphatic heterocycles. The fourth-order valence-corrected chi connectivity index (χ4v) is 4.88. The Morgan fingerprint density at radius 3 is 2.90 bits per heavy atom. The zero-order valence-electron chi connectivity index (χ0n) is 16.4. The fraction of sp³-hybridized carbons (Fsp3) is 0.318. The van der Waals surface area contributed by atoms with Gasteiger partial charge in [0.2, 0.25) is 0 Å². The average molecular weight is 406 g/mol. The lowest BCUT2D eigenvalue weighted by Gasteiger charge is -2.16. The van der Waals surface area contributed by atoms with Crippen molar-refractivity contribution < 1.29 is 4.79 Å². The van der Waals surface area contributed by atoms with E-state index in [1.807, 2.05) is 53.4 Å². The maximum atomic E-state index is 13.2. The lowest BCUT2D eigenvalue weighted by molar-refractivity contribution is 0.0776. The van der Waals surface area contributed by atoms with E-state index in [-0.39, 0.29) is 5.91 Å². The maximum Gasteiger partial charge on any atom is 0.271 e. The van der Waals surface area contributed by atoms with Crippen molar-refractivity contribution in [2.24, 2.45) is 0 Å². The van der Waals surface area contributed by atoms with Crippen LogP contribution in [-0.2, 0) is 19.4 Å². The van der Waals surface area contributed by atoms with Crippen LogP contribution in [0.15, 0.2) is 41.9 Å².